The van der Waals surface area contributed by atoms with Gasteiger partial charge in [-0.1, -0.05) is 39.0 Å². The number of rotatable bonds is 4. The maximum atomic E-state index is 13.3. The molecule has 1 aliphatic rings. The van der Waals surface area contributed by atoms with E-state index in [-0.39, 0.29) is 28.3 Å². The molecular weight excluding hydrogens is 366 g/mol. The van der Waals surface area contributed by atoms with Crippen LogP contribution < -0.4 is 5.43 Å². The van der Waals surface area contributed by atoms with Gasteiger partial charge in [-0.15, -0.1) is 0 Å². The maximum absolute atomic E-state index is 13.3. The Labute approximate surface area is 169 Å². The van der Waals surface area contributed by atoms with Crippen LogP contribution in [0.5, 0.6) is 0 Å². The van der Waals surface area contributed by atoms with Crippen molar-refractivity contribution >= 4 is 22.4 Å². The molecule has 1 N–H and O–H groups in total. The van der Waals surface area contributed by atoms with Crippen molar-refractivity contribution in [3.63, 3.8) is 0 Å². The number of benzene rings is 1. The number of aliphatic hydroxyl groups excluding tert-OH is 1. The second-order valence-corrected chi connectivity index (χ2v) is 7.65. The molecule has 5 heteroatoms. The molecular formula is C24H25NO4. The molecule has 0 unspecified atom stereocenters. The van der Waals surface area contributed by atoms with Crippen molar-refractivity contribution in [2.45, 2.75) is 45.4 Å². The van der Waals surface area contributed by atoms with Crippen molar-refractivity contribution in [2.24, 2.45) is 7.05 Å². The quantitative estimate of drug-likeness (QED) is 0.670. The lowest BCUT2D eigenvalue weighted by atomic mass is 9.68. The minimum absolute atomic E-state index is 0.133. The zero-order chi connectivity index (χ0) is 20.9. The summed E-state index contributed by atoms with van der Waals surface area (Å²) in [6.45, 7) is 5.66. The molecule has 0 bridgehead atoms. The Hall–Kier alpha value is -3.08. The summed E-state index contributed by atoms with van der Waals surface area (Å²) in [6.07, 6.45) is 3.28. The van der Waals surface area contributed by atoms with Gasteiger partial charge in [0.25, 0.3) is 0 Å². The summed E-state index contributed by atoms with van der Waals surface area (Å²) in [4.78, 5) is 26.4. The van der Waals surface area contributed by atoms with Gasteiger partial charge in [-0.05, 0) is 25.3 Å². The monoisotopic (exact) mass is 391 g/mol. The van der Waals surface area contributed by atoms with Gasteiger partial charge in [0.1, 0.15) is 22.8 Å². The van der Waals surface area contributed by atoms with Crippen LogP contribution in [-0.4, -0.2) is 15.5 Å². The third-order valence-electron chi connectivity index (χ3n) is 6.34. The molecule has 29 heavy (non-hydrogen) atoms. The third kappa shape index (κ3) is 2.53. The van der Waals surface area contributed by atoms with E-state index in [0.29, 0.717) is 30.6 Å². The zero-order valence-corrected chi connectivity index (χ0v) is 17.2. The van der Waals surface area contributed by atoms with Gasteiger partial charge < -0.3 is 14.1 Å². The number of fused-ring (bicyclic) bond motifs is 2. The van der Waals surface area contributed by atoms with Gasteiger partial charge in [0, 0.05) is 41.4 Å². The lowest BCUT2D eigenvalue weighted by molar-refractivity contribution is -0.122. The molecule has 5 nitrogen and oxygen atoms in total. The van der Waals surface area contributed by atoms with E-state index in [9.17, 15) is 14.7 Å². The average molecular weight is 391 g/mol. The molecule has 0 saturated carbocycles. The van der Waals surface area contributed by atoms with Crippen LogP contribution in [0.4, 0.5) is 0 Å². The Morgan fingerprint density at radius 1 is 1.10 bits per heavy atom. The molecule has 0 aliphatic heterocycles. The number of hydrogen-bond donors (Lipinski definition) is 1. The molecule has 150 valence electrons. The highest BCUT2D eigenvalue weighted by molar-refractivity contribution is 6.10. The average Bonchev–Trinajstić information content (AvgIpc) is 3.06. The van der Waals surface area contributed by atoms with Crippen LogP contribution in [0.1, 0.15) is 51.4 Å². The first kappa shape index (κ1) is 19.2. The van der Waals surface area contributed by atoms with Gasteiger partial charge in [-0.25, -0.2) is 0 Å². The van der Waals surface area contributed by atoms with Crippen LogP contribution in [0.15, 0.2) is 51.3 Å². The number of aliphatic hydroxyl groups is 1. The summed E-state index contributed by atoms with van der Waals surface area (Å²) < 4.78 is 8.27. The van der Waals surface area contributed by atoms with Crippen molar-refractivity contribution in [1.82, 2.24) is 4.57 Å². The number of ketones is 1. The molecule has 0 spiro atoms. The van der Waals surface area contributed by atoms with Crippen molar-refractivity contribution in [3.8, 4) is 11.3 Å². The van der Waals surface area contributed by atoms with Gasteiger partial charge in [-0.3, -0.25) is 9.59 Å². The molecule has 0 saturated heterocycles. The van der Waals surface area contributed by atoms with E-state index in [1.165, 1.54) is 6.07 Å². The fourth-order valence-corrected chi connectivity index (χ4v) is 4.60. The smallest absolute Gasteiger partial charge is 0.196 e. The number of Topliss-reactive ketones (excluding diaryl/α,β-unsaturated/α-hetero) is 1. The number of carbonyl (C=O) groups is 1. The second-order valence-electron chi connectivity index (χ2n) is 7.65. The van der Waals surface area contributed by atoms with Crippen molar-refractivity contribution < 1.29 is 14.3 Å². The first-order chi connectivity index (χ1) is 13.9. The second kappa shape index (κ2) is 6.76. The zero-order valence-electron chi connectivity index (χ0n) is 17.2. The molecule has 2 heterocycles. The van der Waals surface area contributed by atoms with E-state index < -0.39 is 5.41 Å². The molecule has 4 rings (SSSR count). The van der Waals surface area contributed by atoms with E-state index in [4.69, 9.17) is 4.42 Å². The summed E-state index contributed by atoms with van der Waals surface area (Å²) in [5.74, 6) is 0.325. The Morgan fingerprint density at radius 3 is 2.45 bits per heavy atom. The Kier molecular flexibility index (Phi) is 4.49. The summed E-state index contributed by atoms with van der Waals surface area (Å²) in [5.41, 5.74) is 0.998. The molecule has 0 atom stereocenters. The number of allylic oxidation sites excluding steroid dienone is 1. The number of hydrogen-bond acceptors (Lipinski definition) is 4. The third-order valence-corrected chi connectivity index (χ3v) is 6.34. The summed E-state index contributed by atoms with van der Waals surface area (Å²) in [7, 11) is 1.94. The van der Waals surface area contributed by atoms with Crippen molar-refractivity contribution in [1.29, 1.82) is 0 Å². The lowest BCUT2D eigenvalue weighted by Crippen LogP contribution is -2.41. The van der Waals surface area contributed by atoms with E-state index in [1.54, 1.807) is 0 Å². The van der Waals surface area contributed by atoms with Crippen LogP contribution in [0.2, 0.25) is 0 Å². The maximum Gasteiger partial charge on any atom is 0.196 e. The van der Waals surface area contributed by atoms with Gasteiger partial charge >= 0.3 is 0 Å². The minimum atomic E-state index is -0.938. The number of nitrogens with zero attached hydrogens (tertiary/aromatic N) is 1. The summed E-state index contributed by atoms with van der Waals surface area (Å²) >= 11 is 0. The van der Waals surface area contributed by atoms with E-state index in [2.05, 4.69) is 0 Å². The fraction of sp³-hybridized carbons (Fsp3) is 0.333. The lowest BCUT2D eigenvalue weighted by Gasteiger charge is -2.35. The summed E-state index contributed by atoms with van der Waals surface area (Å²) in [6, 6.07) is 9.31. The number of aromatic nitrogens is 1. The van der Waals surface area contributed by atoms with E-state index in [0.717, 1.165) is 16.5 Å². The first-order valence-corrected chi connectivity index (χ1v) is 10.1. The summed E-state index contributed by atoms with van der Waals surface area (Å²) in [5, 5.41) is 11.7. The highest BCUT2D eigenvalue weighted by atomic mass is 16.3. The Morgan fingerprint density at radius 2 is 1.79 bits per heavy atom. The highest BCUT2D eigenvalue weighted by Gasteiger charge is 2.48. The number of aryl methyl sites for hydroxylation is 1. The predicted molar refractivity (Wildman–Crippen MR) is 114 cm³/mol. The van der Waals surface area contributed by atoms with Crippen LogP contribution in [0.25, 0.3) is 28.0 Å². The SMILES string of the molecule is CCC1=C(O)c2c(oc(-c3cn(C)c4ccccc34)cc2=O)C(CC)(CC)C1=O. The van der Waals surface area contributed by atoms with E-state index >= 15 is 0 Å². The van der Waals surface area contributed by atoms with Gasteiger partial charge in [0.15, 0.2) is 11.2 Å². The normalized spacial score (nSPS) is 15.8. The minimum Gasteiger partial charge on any atom is -0.507 e. The number of para-hydroxylation sites is 1. The van der Waals surface area contributed by atoms with Crippen LogP contribution in [0.3, 0.4) is 0 Å². The Balaban J connectivity index is 2.08. The van der Waals surface area contributed by atoms with Crippen molar-refractivity contribution in [3.05, 3.63) is 63.6 Å². The van der Waals surface area contributed by atoms with Crippen LogP contribution in [-0.2, 0) is 17.3 Å². The molecule has 1 aliphatic carbocycles. The van der Waals surface area contributed by atoms with Crippen LogP contribution in [0, 0.1) is 0 Å². The van der Waals surface area contributed by atoms with Crippen molar-refractivity contribution in [2.75, 3.05) is 0 Å². The van der Waals surface area contributed by atoms with E-state index in [1.807, 2.05) is 62.8 Å². The highest BCUT2D eigenvalue weighted by Crippen LogP contribution is 2.45. The molecule has 0 radical (unpaired) electrons. The van der Waals surface area contributed by atoms with Gasteiger partial charge in [0.2, 0.25) is 0 Å². The topological polar surface area (TPSA) is 72.4 Å². The van der Waals surface area contributed by atoms with Gasteiger partial charge in [-0.2, -0.15) is 0 Å². The molecule has 1 aromatic carbocycles. The molecule has 0 fully saturated rings. The molecule has 2 aromatic heterocycles. The van der Waals surface area contributed by atoms with Crippen LogP contribution >= 0.6 is 0 Å². The predicted octanol–water partition coefficient (Wildman–Crippen LogP) is 5.12. The van der Waals surface area contributed by atoms with Gasteiger partial charge in [0.05, 0.1) is 5.41 Å². The fourth-order valence-electron chi connectivity index (χ4n) is 4.60. The number of carbonyl (C=O) groups excluding carboxylic acids is 1. The molecule has 3 aromatic rings. The standard InChI is InChI=1S/C24H25NO4/c1-5-14-21(27)20-18(26)12-19(29-23(20)24(6-2,7-3)22(14)28)16-13-25(4)17-11-9-8-10-15(16)17/h8-13,27H,5-7H2,1-4H3. The largest absolute Gasteiger partial charge is 0.507 e. The first-order valence-electron chi connectivity index (χ1n) is 10.1. The Bertz CT molecular complexity index is 1220. The molecule has 0 amide bonds.